The van der Waals surface area contributed by atoms with Gasteiger partial charge in [-0.3, -0.25) is 24.0 Å². The molecule has 0 aliphatic heterocycles. The van der Waals surface area contributed by atoms with Crippen LogP contribution in [0.15, 0.2) is 47.6 Å². The summed E-state index contributed by atoms with van der Waals surface area (Å²) in [7, 11) is 0. The van der Waals surface area contributed by atoms with Crippen LogP contribution in [0.3, 0.4) is 0 Å². The highest BCUT2D eigenvalue weighted by molar-refractivity contribution is 8.13. The Morgan fingerprint density at radius 3 is 1.45 bits per heavy atom. The molecule has 0 unspecified atom stereocenters. The topological polar surface area (TPSA) is 161 Å². The van der Waals surface area contributed by atoms with Crippen LogP contribution in [0.1, 0.15) is 107 Å². The molecule has 10 nitrogen and oxygen atoms in total. The Balaban J connectivity index is 0.000000197. The SMILES string of the molecule is CCC(=O)O[C@]1(C(=O)SCF)[C@H](C)C[C@H]2[C@@H]3C[C@H](F)C4=CC(=O)C=C[C@]4(C)[C@@]3(F)[C@@H](O)C[C@@]21C.CCC(=O)O[C@]1(C(=O)[S-])[C@H](C)C[C@H]2[C@@H]3C[C@H](F)C4=CC(=O)C=C[C@]4(C)[C@@]3(F)[C@@H](O)C[C@@]21C. The summed E-state index contributed by atoms with van der Waals surface area (Å²) in [4.78, 5) is 74.9. The zero-order valence-electron chi connectivity index (χ0n) is 38.5. The molecule has 8 rings (SSSR count). The normalized spacial score (nSPS) is 48.4. The number of carbonyl (C=O) groups excluding carboxylic acids is 6. The number of ketones is 2. The fraction of sp³-hybridized carbons (Fsp3) is 0.714. The second-order valence-electron chi connectivity index (χ2n) is 20.9. The first kappa shape index (κ1) is 50.6. The third-order valence-electron chi connectivity index (χ3n) is 18.3. The van der Waals surface area contributed by atoms with E-state index in [4.69, 9.17) is 22.1 Å². The number of aliphatic hydroxyl groups is 2. The van der Waals surface area contributed by atoms with Crippen molar-refractivity contribution < 1.29 is 70.4 Å². The predicted molar refractivity (Wildman–Crippen MR) is 236 cm³/mol. The molecule has 0 heterocycles. The lowest BCUT2D eigenvalue weighted by atomic mass is 9.44. The molecular weight excluding hydrogens is 908 g/mol. The van der Waals surface area contributed by atoms with Crippen molar-refractivity contribution in [2.75, 3.05) is 6.01 Å². The predicted octanol–water partition coefficient (Wildman–Crippen LogP) is 7.75. The van der Waals surface area contributed by atoms with Crippen LogP contribution in [0.25, 0.3) is 0 Å². The first-order chi connectivity index (χ1) is 30.6. The first-order valence-corrected chi connectivity index (χ1v) is 24.3. The van der Waals surface area contributed by atoms with Gasteiger partial charge >= 0.3 is 11.9 Å². The van der Waals surface area contributed by atoms with E-state index in [-0.39, 0.29) is 56.1 Å². The highest BCUT2D eigenvalue weighted by Gasteiger charge is 2.79. The van der Waals surface area contributed by atoms with Gasteiger partial charge in [-0.1, -0.05) is 53.7 Å². The Bertz CT molecular complexity index is 2240. The van der Waals surface area contributed by atoms with Crippen molar-refractivity contribution in [2.24, 2.45) is 57.2 Å². The van der Waals surface area contributed by atoms with E-state index < -0.39 is 144 Å². The molecule has 0 spiro atoms. The molecule has 0 radical (unpaired) electrons. The standard InChI is InChI=1S/C25H31F3O5S.C24H30F2O5S/c1-5-20(31)33-25(21(32)34-12-26)13(2)8-15-16-10-18(27)17-9-14(29)6-7-22(17,3)24(16,28)19(30)11-23(15,25)4;1-5-19(29)31-24(20(30)32)12(2)8-14-15-10-17(25)16-9-13(27)6-7-21(16,3)23(15,26)18(28)11-22(14,24)4/h6-7,9,13,15-16,18-19,30H,5,8,10-12H2,1-4H3;6-7,9,12,14-15,17-18,28H,5,8,10-11H2,1-4H3,(H,30,32)/p-1/t13-,15+,16+,18+,19+,22+,23+,24+,25+;12-,14+,15+,17+,18+,21+,22+,23+,24+/m11/s1. The lowest BCUT2D eigenvalue weighted by Gasteiger charge is -2.63. The summed E-state index contributed by atoms with van der Waals surface area (Å²) in [5.41, 5.74) is -13.4. The molecule has 8 aliphatic rings. The average Bonchev–Trinajstić information content (AvgIpc) is 3.60. The quantitative estimate of drug-likeness (QED) is 0.145. The van der Waals surface area contributed by atoms with Gasteiger partial charge in [-0.05, 0) is 111 Å². The molecule has 8 aliphatic carbocycles. The Labute approximate surface area is 391 Å². The van der Waals surface area contributed by atoms with E-state index in [2.05, 4.69) is 0 Å². The summed E-state index contributed by atoms with van der Waals surface area (Å²) in [5, 5.41) is 21.2. The molecule has 364 valence electrons. The molecular formula is C49H60F5O10S2-. The Morgan fingerprint density at radius 2 is 1.08 bits per heavy atom. The first-order valence-electron chi connectivity index (χ1n) is 22.9. The minimum atomic E-state index is -2.30. The van der Waals surface area contributed by atoms with E-state index in [0.29, 0.717) is 18.2 Å². The molecule has 0 bridgehead atoms. The lowest BCUT2D eigenvalue weighted by Crippen LogP contribution is -2.70. The number of hydrogen-bond donors (Lipinski definition) is 2. The summed E-state index contributed by atoms with van der Waals surface area (Å²) in [6, 6.07) is -1.02. The monoisotopic (exact) mass is 967 g/mol. The molecule has 0 aromatic rings. The zero-order valence-corrected chi connectivity index (χ0v) is 40.1. The number of alkyl halides is 5. The highest BCUT2D eigenvalue weighted by Crippen LogP contribution is 2.74. The highest BCUT2D eigenvalue weighted by atomic mass is 32.2. The van der Waals surface area contributed by atoms with Crippen LogP contribution in [-0.2, 0) is 50.9 Å². The molecule has 0 aromatic carbocycles. The third-order valence-corrected chi connectivity index (χ3v) is 19.2. The maximum absolute atomic E-state index is 17.2. The molecule has 0 saturated heterocycles. The van der Waals surface area contributed by atoms with E-state index in [1.54, 1.807) is 41.5 Å². The van der Waals surface area contributed by atoms with Crippen LogP contribution >= 0.6 is 11.8 Å². The van der Waals surface area contributed by atoms with Crippen molar-refractivity contribution in [3.8, 4) is 0 Å². The van der Waals surface area contributed by atoms with E-state index in [9.17, 15) is 43.4 Å². The number of fused-ring (bicyclic) bond motifs is 10. The van der Waals surface area contributed by atoms with E-state index >= 15 is 17.6 Å². The molecule has 66 heavy (non-hydrogen) atoms. The fourth-order valence-electron chi connectivity index (χ4n) is 15.1. The van der Waals surface area contributed by atoms with Gasteiger partial charge in [-0.15, -0.1) is 0 Å². The molecule has 2 N–H and O–H groups in total. The van der Waals surface area contributed by atoms with Crippen LogP contribution in [0.5, 0.6) is 0 Å². The summed E-state index contributed by atoms with van der Waals surface area (Å²) in [6.45, 7) is 13.0. The fourth-order valence-corrected chi connectivity index (χ4v) is 16.4. The largest absolute Gasteiger partial charge is 0.738 e. The van der Waals surface area contributed by atoms with Crippen molar-refractivity contribution in [2.45, 2.75) is 154 Å². The summed E-state index contributed by atoms with van der Waals surface area (Å²) < 4.78 is 90.1. The van der Waals surface area contributed by atoms with Crippen LogP contribution in [0.2, 0.25) is 0 Å². The van der Waals surface area contributed by atoms with Gasteiger partial charge in [0.25, 0.3) is 0 Å². The van der Waals surface area contributed by atoms with Gasteiger partial charge in [-0.25, -0.2) is 22.0 Å². The van der Waals surface area contributed by atoms with Gasteiger partial charge in [0.1, 0.15) is 18.3 Å². The second kappa shape index (κ2) is 16.7. The van der Waals surface area contributed by atoms with Gasteiger partial charge < -0.3 is 37.1 Å². The zero-order chi connectivity index (χ0) is 49.1. The Hall–Kier alpha value is -3.28. The van der Waals surface area contributed by atoms with E-state index in [1.807, 2.05) is 0 Å². The molecule has 0 aromatic heterocycles. The Morgan fingerprint density at radius 1 is 0.697 bits per heavy atom. The van der Waals surface area contributed by atoms with Crippen LogP contribution in [0, 0.1) is 57.2 Å². The van der Waals surface area contributed by atoms with Crippen LogP contribution in [0.4, 0.5) is 22.0 Å². The number of ether oxygens (including phenoxy) is 2. The minimum Gasteiger partial charge on any atom is -0.738 e. The van der Waals surface area contributed by atoms with Gasteiger partial charge in [0.05, 0.1) is 17.3 Å². The second-order valence-corrected chi connectivity index (χ2v) is 22.2. The van der Waals surface area contributed by atoms with Gasteiger partial charge in [-0.2, -0.15) is 0 Å². The number of esters is 2. The number of aliphatic hydroxyl groups excluding tert-OH is 2. The van der Waals surface area contributed by atoms with Crippen molar-refractivity contribution in [3.05, 3.63) is 47.6 Å². The third kappa shape index (κ3) is 6.42. The van der Waals surface area contributed by atoms with Crippen molar-refractivity contribution in [1.82, 2.24) is 0 Å². The van der Waals surface area contributed by atoms with Gasteiger partial charge in [0.15, 0.2) is 34.1 Å². The summed E-state index contributed by atoms with van der Waals surface area (Å²) in [5.74, 6) is -6.32. The molecule has 0 amide bonds. The van der Waals surface area contributed by atoms with E-state index in [1.165, 1.54) is 38.2 Å². The molecule has 17 heteroatoms. The maximum atomic E-state index is 17.2. The smallest absolute Gasteiger partial charge is 0.306 e. The number of carbonyl (C=O) groups is 6. The van der Waals surface area contributed by atoms with Crippen molar-refractivity contribution in [3.63, 3.8) is 0 Å². The maximum Gasteiger partial charge on any atom is 0.306 e. The molecule has 18 atom stereocenters. The number of rotatable bonds is 7. The number of hydrogen-bond acceptors (Lipinski definition) is 12. The van der Waals surface area contributed by atoms with Crippen LogP contribution in [-0.4, -0.2) is 97.0 Å². The minimum absolute atomic E-state index is 0.0141. The van der Waals surface area contributed by atoms with E-state index in [0.717, 1.165) is 12.2 Å². The lowest BCUT2D eigenvalue weighted by molar-refractivity contribution is -0.228. The average molecular weight is 968 g/mol. The Kier molecular flexibility index (Phi) is 12.8. The summed E-state index contributed by atoms with van der Waals surface area (Å²) >= 11 is 5.47. The van der Waals surface area contributed by atoms with Crippen molar-refractivity contribution >= 4 is 58.1 Å². The van der Waals surface area contributed by atoms with Crippen LogP contribution < -0.4 is 0 Å². The van der Waals surface area contributed by atoms with Gasteiger partial charge in [0.2, 0.25) is 5.12 Å². The molecule has 6 fully saturated rings. The van der Waals surface area contributed by atoms with Gasteiger partial charge in [0, 0.05) is 58.2 Å². The number of halogens is 5. The number of allylic oxidation sites excluding steroid dienone is 8. The molecule has 6 saturated carbocycles. The summed E-state index contributed by atoms with van der Waals surface area (Å²) in [6.07, 6.45) is 0.688. The van der Waals surface area contributed by atoms with Crippen molar-refractivity contribution in [1.29, 1.82) is 0 Å². The number of thioether (sulfide) groups is 1.